The highest BCUT2D eigenvalue weighted by atomic mass is 16.1. The third-order valence-electron chi connectivity index (χ3n) is 2.00. The van der Waals surface area contributed by atoms with Crippen LogP contribution in [0.15, 0.2) is 23.9 Å². The Hall–Kier alpha value is -1.25. The van der Waals surface area contributed by atoms with Crippen LogP contribution in [0.25, 0.3) is 0 Å². The first-order valence-electron chi connectivity index (χ1n) is 4.63. The van der Waals surface area contributed by atoms with Gasteiger partial charge in [-0.2, -0.15) is 0 Å². The lowest BCUT2D eigenvalue weighted by atomic mass is 10.1. The normalized spacial score (nSPS) is 15.0. The third kappa shape index (κ3) is 3.78. The van der Waals surface area contributed by atoms with Crippen molar-refractivity contribution in [1.82, 2.24) is 10.6 Å². The van der Waals surface area contributed by atoms with Gasteiger partial charge in [-0.25, -0.2) is 0 Å². The number of carbonyl (C=O) groups is 1. The van der Waals surface area contributed by atoms with E-state index in [1.165, 1.54) is 5.70 Å². The summed E-state index contributed by atoms with van der Waals surface area (Å²) in [5.41, 5.74) is 1.23. The molecule has 1 amide bonds. The molecule has 0 saturated carbocycles. The molecule has 1 rings (SSSR count). The molecule has 0 radical (unpaired) electrons. The molecule has 72 valence electrons. The van der Waals surface area contributed by atoms with E-state index < -0.39 is 0 Å². The molecule has 1 aliphatic rings. The fraction of sp³-hybridized carbons (Fsp3) is 0.500. The molecule has 0 unspecified atom stereocenters. The quantitative estimate of drug-likeness (QED) is 0.676. The zero-order valence-electron chi connectivity index (χ0n) is 7.97. The second-order valence-corrected chi connectivity index (χ2v) is 3.01. The van der Waals surface area contributed by atoms with Gasteiger partial charge in [0.1, 0.15) is 0 Å². The zero-order valence-corrected chi connectivity index (χ0v) is 7.97. The van der Waals surface area contributed by atoms with Crippen LogP contribution < -0.4 is 10.6 Å². The molecule has 0 saturated heterocycles. The van der Waals surface area contributed by atoms with Crippen LogP contribution in [0.4, 0.5) is 0 Å². The van der Waals surface area contributed by atoms with Crippen LogP contribution in [0.2, 0.25) is 0 Å². The molecule has 0 spiro atoms. The number of hydrogen-bond donors (Lipinski definition) is 2. The van der Waals surface area contributed by atoms with E-state index in [4.69, 9.17) is 0 Å². The van der Waals surface area contributed by atoms with E-state index in [0.717, 1.165) is 19.4 Å². The maximum atomic E-state index is 10.9. The monoisotopic (exact) mass is 180 g/mol. The van der Waals surface area contributed by atoms with Crippen molar-refractivity contribution in [2.75, 3.05) is 13.6 Å². The van der Waals surface area contributed by atoms with Crippen molar-refractivity contribution >= 4 is 5.91 Å². The van der Waals surface area contributed by atoms with Crippen molar-refractivity contribution in [3.8, 4) is 0 Å². The topological polar surface area (TPSA) is 41.1 Å². The summed E-state index contributed by atoms with van der Waals surface area (Å²) in [6.07, 6.45) is 8.95. The standard InChI is InChI=1S/C10H16N2O/c1-11-10(13)7-8-12-9-5-3-2-4-6-9/h2-3,5,12H,4,6-8H2,1H3,(H,11,13). The lowest BCUT2D eigenvalue weighted by molar-refractivity contribution is -0.120. The summed E-state index contributed by atoms with van der Waals surface area (Å²) in [7, 11) is 1.66. The van der Waals surface area contributed by atoms with Crippen molar-refractivity contribution in [1.29, 1.82) is 0 Å². The highest BCUT2D eigenvalue weighted by molar-refractivity contribution is 5.75. The van der Waals surface area contributed by atoms with Gasteiger partial charge in [0, 0.05) is 25.7 Å². The second kappa shape index (κ2) is 5.41. The van der Waals surface area contributed by atoms with Gasteiger partial charge in [-0.1, -0.05) is 12.2 Å². The highest BCUT2D eigenvalue weighted by Gasteiger charge is 2.00. The van der Waals surface area contributed by atoms with Crippen LogP contribution in [-0.4, -0.2) is 19.5 Å². The minimum absolute atomic E-state index is 0.0828. The van der Waals surface area contributed by atoms with E-state index in [9.17, 15) is 4.79 Å². The van der Waals surface area contributed by atoms with Gasteiger partial charge < -0.3 is 10.6 Å². The van der Waals surface area contributed by atoms with Gasteiger partial charge in [0.15, 0.2) is 0 Å². The number of allylic oxidation sites excluding steroid dienone is 4. The molecule has 0 aromatic rings. The molecule has 2 N–H and O–H groups in total. The molecule has 3 nitrogen and oxygen atoms in total. The smallest absolute Gasteiger partial charge is 0.221 e. The molecular formula is C10H16N2O. The molecule has 0 aromatic carbocycles. The van der Waals surface area contributed by atoms with Crippen LogP contribution in [0.3, 0.4) is 0 Å². The van der Waals surface area contributed by atoms with Gasteiger partial charge in [0.05, 0.1) is 0 Å². The lowest BCUT2D eigenvalue weighted by Crippen LogP contribution is -2.24. The second-order valence-electron chi connectivity index (χ2n) is 3.01. The Kier molecular flexibility index (Phi) is 4.09. The van der Waals surface area contributed by atoms with E-state index in [-0.39, 0.29) is 5.91 Å². The SMILES string of the molecule is CNC(=O)CCNC1=CC=CCC1. The number of rotatable bonds is 4. The Morgan fingerprint density at radius 1 is 1.62 bits per heavy atom. The molecule has 1 aliphatic carbocycles. The van der Waals surface area contributed by atoms with Gasteiger partial charge in [-0.3, -0.25) is 4.79 Å². The molecule has 0 aromatic heterocycles. The van der Waals surface area contributed by atoms with Crippen LogP contribution in [0.5, 0.6) is 0 Å². The molecule has 0 aliphatic heterocycles. The predicted molar refractivity (Wildman–Crippen MR) is 53.1 cm³/mol. The van der Waals surface area contributed by atoms with Crippen LogP contribution in [0.1, 0.15) is 19.3 Å². The van der Waals surface area contributed by atoms with Crippen molar-refractivity contribution < 1.29 is 4.79 Å². The first kappa shape index (κ1) is 9.84. The Morgan fingerprint density at radius 2 is 2.46 bits per heavy atom. The van der Waals surface area contributed by atoms with Crippen molar-refractivity contribution in [2.45, 2.75) is 19.3 Å². The van der Waals surface area contributed by atoms with Crippen molar-refractivity contribution in [3.05, 3.63) is 23.9 Å². The molecule has 13 heavy (non-hydrogen) atoms. The van der Waals surface area contributed by atoms with Gasteiger partial charge in [-0.15, -0.1) is 0 Å². The first-order chi connectivity index (χ1) is 6.33. The Bertz CT molecular complexity index is 231. The molecule has 0 heterocycles. The minimum Gasteiger partial charge on any atom is -0.388 e. The third-order valence-corrected chi connectivity index (χ3v) is 2.00. The summed E-state index contributed by atoms with van der Waals surface area (Å²) in [6, 6.07) is 0. The molecular weight excluding hydrogens is 164 g/mol. The maximum absolute atomic E-state index is 10.9. The van der Waals surface area contributed by atoms with Gasteiger partial charge >= 0.3 is 0 Å². The summed E-state index contributed by atoms with van der Waals surface area (Å²) in [5, 5.41) is 5.83. The number of carbonyl (C=O) groups excluding carboxylic acids is 1. The fourth-order valence-electron chi connectivity index (χ4n) is 1.21. The largest absolute Gasteiger partial charge is 0.388 e. The number of nitrogens with one attached hydrogen (secondary N) is 2. The molecule has 0 fully saturated rings. The van der Waals surface area contributed by atoms with E-state index in [1.807, 2.05) is 6.08 Å². The minimum atomic E-state index is 0.0828. The summed E-state index contributed by atoms with van der Waals surface area (Å²) in [4.78, 5) is 10.9. The Balaban J connectivity index is 2.15. The Morgan fingerprint density at radius 3 is 3.08 bits per heavy atom. The predicted octanol–water partition coefficient (Wildman–Crippen LogP) is 0.946. The highest BCUT2D eigenvalue weighted by Crippen LogP contribution is 2.07. The maximum Gasteiger partial charge on any atom is 0.221 e. The average Bonchev–Trinajstić information content (AvgIpc) is 2.19. The summed E-state index contributed by atoms with van der Waals surface area (Å²) in [6.45, 7) is 0.722. The van der Waals surface area contributed by atoms with Crippen LogP contribution in [0, 0.1) is 0 Å². The summed E-state index contributed by atoms with van der Waals surface area (Å²) in [5.74, 6) is 0.0828. The van der Waals surface area contributed by atoms with E-state index in [1.54, 1.807) is 7.05 Å². The number of hydrogen-bond acceptors (Lipinski definition) is 2. The van der Waals surface area contributed by atoms with E-state index >= 15 is 0 Å². The average molecular weight is 180 g/mol. The van der Waals surface area contributed by atoms with Crippen molar-refractivity contribution in [2.24, 2.45) is 0 Å². The van der Waals surface area contributed by atoms with Gasteiger partial charge in [-0.05, 0) is 18.9 Å². The number of amides is 1. The van der Waals surface area contributed by atoms with Crippen LogP contribution in [-0.2, 0) is 4.79 Å². The lowest BCUT2D eigenvalue weighted by Gasteiger charge is -2.11. The first-order valence-corrected chi connectivity index (χ1v) is 4.63. The van der Waals surface area contributed by atoms with Crippen molar-refractivity contribution in [3.63, 3.8) is 0 Å². The van der Waals surface area contributed by atoms with Crippen LogP contribution >= 0.6 is 0 Å². The van der Waals surface area contributed by atoms with E-state index in [2.05, 4.69) is 22.8 Å². The fourth-order valence-corrected chi connectivity index (χ4v) is 1.21. The molecule has 0 bridgehead atoms. The van der Waals surface area contributed by atoms with E-state index in [0.29, 0.717) is 6.42 Å². The Labute approximate surface area is 78.9 Å². The van der Waals surface area contributed by atoms with Gasteiger partial charge in [0.25, 0.3) is 0 Å². The summed E-state index contributed by atoms with van der Waals surface area (Å²) < 4.78 is 0. The van der Waals surface area contributed by atoms with Gasteiger partial charge in [0.2, 0.25) is 5.91 Å². The zero-order chi connectivity index (χ0) is 9.52. The molecule has 0 atom stereocenters. The molecule has 3 heteroatoms. The summed E-state index contributed by atoms with van der Waals surface area (Å²) >= 11 is 0.